The first-order valence-corrected chi connectivity index (χ1v) is 13.8. The maximum atomic E-state index is 10.7. The molecule has 212 valence electrons. The highest BCUT2D eigenvalue weighted by atomic mass is 16.7. The summed E-state index contributed by atoms with van der Waals surface area (Å²) >= 11 is 0. The molecule has 1 fully saturated rings. The Labute approximate surface area is 236 Å². The Morgan fingerprint density at radius 1 is 1.15 bits per heavy atom. The van der Waals surface area contributed by atoms with E-state index in [0.29, 0.717) is 30.9 Å². The fourth-order valence-electron chi connectivity index (χ4n) is 7.48. The molecule has 6 rings (SSSR count). The predicted octanol–water partition coefficient (Wildman–Crippen LogP) is 3.65. The third-order valence-electron chi connectivity index (χ3n) is 9.23. The van der Waals surface area contributed by atoms with Crippen LogP contribution in [0, 0.1) is 32.1 Å². The highest BCUT2D eigenvalue weighted by Gasteiger charge is 2.56. The predicted molar refractivity (Wildman–Crippen MR) is 148 cm³/mol. The Kier molecular flexibility index (Phi) is 6.59. The van der Waals surface area contributed by atoms with Crippen molar-refractivity contribution in [3.05, 3.63) is 57.7 Å². The zero-order valence-corrected chi connectivity index (χ0v) is 23.8. The van der Waals surface area contributed by atoms with E-state index in [4.69, 9.17) is 30.2 Å². The SMILES string of the molecule is [3H]OC[C@H]1c2c(c(OCC=C)c(C)c3c2OCO3)CC2[C@H]3c4c(cc(C)c(C)c4OCOC)C[C@@H]([C@H](C#N)N21)N3C. The van der Waals surface area contributed by atoms with Crippen molar-refractivity contribution in [2.75, 3.05) is 41.0 Å². The molecule has 5 atom stereocenters. The summed E-state index contributed by atoms with van der Waals surface area (Å²) in [5, 5.41) is 15.8. The molecule has 0 spiro atoms. The minimum atomic E-state index is -0.440. The lowest BCUT2D eigenvalue weighted by molar-refractivity contribution is -0.0831. The number of hydrogen-bond acceptors (Lipinski definition) is 9. The van der Waals surface area contributed by atoms with Crippen molar-refractivity contribution in [3.8, 4) is 29.1 Å². The van der Waals surface area contributed by atoms with Crippen LogP contribution in [0.15, 0.2) is 18.7 Å². The van der Waals surface area contributed by atoms with Gasteiger partial charge in [0.15, 0.2) is 18.3 Å². The number of hydrogen-bond donors (Lipinski definition) is 1. The van der Waals surface area contributed by atoms with Crippen molar-refractivity contribution in [1.29, 1.82) is 6.69 Å². The summed E-state index contributed by atoms with van der Waals surface area (Å²) in [6.07, 6.45) is 3.03. The lowest BCUT2D eigenvalue weighted by atomic mass is 9.71. The number of fused-ring (bicyclic) bond motifs is 9. The molecule has 0 saturated carbocycles. The average Bonchev–Trinajstić information content (AvgIpc) is 3.45. The quantitative estimate of drug-likeness (QED) is 0.391. The Bertz CT molecular complexity index is 1420. The third kappa shape index (κ3) is 3.74. The van der Waals surface area contributed by atoms with Gasteiger partial charge in [-0.05, 0) is 57.4 Å². The van der Waals surface area contributed by atoms with E-state index in [2.05, 4.69) is 49.4 Å². The van der Waals surface area contributed by atoms with Gasteiger partial charge >= 0.3 is 0 Å². The molecule has 0 aliphatic carbocycles. The van der Waals surface area contributed by atoms with Gasteiger partial charge in [-0.2, -0.15) is 5.26 Å². The van der Waals surface area contributed by atoms with Crippen molar-refractivity contribution in [2.24, 2.45) is 0 Å². The lowest BCUT2D eigenvalue weighted by Gasteiger charge is -2.60. The van der Waals surface area contributed by atoms with E-state index < -0.39 is 12.1 Å². The van der Waals surface area contributed by atoms with Crippen LogP contribution in [0.2, 0.25) is 0 Å². The zero-order valence-electron chi connectivity index (χ0n) is 24.8. The normalized spacial score (nSPS) is 26.7. The van der Waals surface area contributed by atoms with Crippen LogP contribution in [-0.4, -0.2) is 75.4 Å². The first kappa shape index (κ1) is 25.7. The van der Waals surface area contributed by atoms with Gasteiger partial charge in [0, 0.05) is 41.4 Å². The molecule has 0 amide bonds. The van der Waals surface area contributed by atoms with Crippen molar-refractivity contribution in [1.82, 2.24) is 9.80 Å². The van der Waals surface area contributed by atoms with Gasteiger partial charge in [0.2, 0.25) is 8.22 Å². The minimum absolute atomic E-state index is 0.0620. The number of aliphatic hydroxyl groups is 1. The van der Waals surface area contributed by atoms with Crippen LogP contribution in [0.1, 0.15) is 51.0 Å². The zero-order chi connectivity index (χ0) is 29.0. The molecule has 4 aliphatic rings. The van der Waals surface area contributed by atoms with Gasteiger partial charge in [-0.15, -0.1) is 0 Å². The Morgan fingerprint density at radius 3 is 2.67 bits per heavy atom. The summed E-state index contributed by atoms with van der Waals surface area (Å²) in [6, 6.07) is 3.76. The highest BCUT2D eigenvalue weighted by Crippen LogP contribution is 2.57. The van der Waals surface area contributed by atoms with E-state index in [-0.39, 0.29) is 38.3 Å². The second-order valence-corrected chi connectivity index (χ2v) is 11.1. The topological polar surface area (TPSA) is 96.7 Å². The molecule has 2 aromatic rings. The summed E-state index contributed by atoms with van der Waals surface area (Å²) in [5.41, 5.74) is 7.32. The van der Waals surface area contributed by atoms with Crippen LogP contribution >= 0.6 is 0 Å². The molecule has 0 radical (unpaired) electrons. The fourth-order valence-corrected chi connectivity index (χ4v) is 7.48. The number of nitriles is 1. The molecule has 0 aromatic heterocycles. The van der Waals surface area contributed by atoms with Crippen LogP contribution in [0.4, 0.5) is 0 Å². The summed E-state index contributed by atoms with van der Waals surface area (Å²) in [4.78, 5) is 4.61. The van der Waals surface area contributed by atoms with Gasteiger partial charge < -0.3 is 28.8 Å². The second-order valence-electron chi connectivity index (χ2n) is 11.1. The van der Waals surface area contributed by atoms with Crippen molar-refractivity contribution in [2.45, 2.75) is 63.8 Å². The van der Waals surface area contributed by atoms with Crippen molar-refractivity contribution < 1.29 is 28.8 Å². The maximum absolute atomic E-state index is 10.7. The van der Waals surface area contributed by atoms with E-state index in [1.165, 1.54) is 5.56 Å². The summed E-state index contributed by atoms with van der Waals surface area (Å²) in [5.74, 6) is 2.88. The molecule has 9 heteroatoms. The third-order valence-corrected chi connectivity index (χ3v) is 9.23. The molecule has 4 aliphatic heterocycles. The molecule has 1 unspecified atom stereocenters. The largest absolute Gasteiger partial charge is 0.489 e. The number of methoxy groups -OCH3 is 1. The molecular formula is C31H37N3O6. The molecule has 9 nitrogen and oxygen atoms in total. The van der Waals surface area contributed by atoms with Gasteiger partial charge in [0.1, 0.15) is 24.1 Å². The number of aliphatic hydroxyl groups excluding tert-OH is 1. The van der Waals surface area contributed by atoms with E-state index in [1.807, 2.05) is 6.92 Å². The van der Waals surface area contributed by atoms with Crippen LogP contribution in [-0.2, 0) is 17.6 Å². The molecule has 40 heavy (non-hydrogen) atoms. The van der Waals surface area contributed by atoms with Crippen molar-refractivity contribution >= 4 is 0 Å². The van der Waals surface area contributed by atoms with E-state index in [9.17, 15) is 5.26 Å². The summed E-state index contributed by atoms with van der Waals surface area (Å²) in [7, 11) is 3.74. The number of benzene rings is 2. The van der Waals surface area contributed by atoms with Gasteiger partial charge in [0.25, 0.3) is 0 Å². The van der Waals surface area contributed by atoms with Gasteiger partial charge in [-0.3, -0.25) is 9.80 Å². The molecule has 2 bridgehead atoms. The standard InChI is InChI=1S/C31H37N3O6/c1-7-8-37-28-18(4)30-31(40-15-39-30)26-20(28)11-22-27-25-19(9-16(2)17(3)29(25)38-14-36-6)10-21(33(27)5)23(12-32)34(22)24(26)13-35/h7,9,21-24,27,35H,1,8,10-11,13-15H2,2-6H3/t21-,22?,23-,24-,27-/m0/s1/i35T. The lowest BCUT2D eigenvalue weighted by Crippen LogP contribution is -2.68. The number of likely N-dealkylation sites (N-methyl/N-ethyl adjacent to an activating group) is 1. The molecular weight excluding hydrogens is 510 g/mol. The minimum Gasteiger partial charge on any atom is -0.489 e. The Morgan fingerprint density at radius 2 is 1.95 bits per heavy atom. The van der Waals surface area contributed by atoms with Crippen LogP contribution < -0.4 is 18.9 Å². The maximum Gasteiger partial charge on any atom is 0.231 e. The van der Waals surface area contributed by atoms with E-state index in [0.717, 1.165) is 44.9 Å². The van der Waals surface area contributed by atoms with Gasteiger partial charge in [-0.1, -0.05) is 18.7 Å². The van der Waals surface area contributed by atoms with Crippen molar-refractivity contribution in [3.63, 3.8) is 0 Å². The number of piperazine rings is 1. The number of ether oxygens (including phenoxy) is 5. The first-order chi connectivity index (χ1) is 19.9. The highest BCUT2D eigenvalue weighted by molar-refractivity contribution is 5.66. The number of nitrogens with zero attached hydrogens (tertiary/aromatic N) is 3. The molecule has 1 N–H and O–H groups in total. The fraction of sp³-hybridized carbons (Fsp3) is 0.516. The summed E-state index contributed by atoms with van der Waals surface area (Å²) < 4.78 is 37.7. The van der Waals surface area contributed by atoms with Crippen LogP contribution in [0.3, 0.4) is 0 Å². The smallest absolute Gasteiger partial charge is 0.231 e. The van der Waals surface area contributed by atoms with E-state index in [1.54, 1.807) is 13.2 Å². The Balaban J connectivity index is 1.60. The number of rotatable bonds is 8. The van der Waals surface area contributed by atoms with E-state index >= 15 is 0 Å². The Hall–Kier alpha value is -3.29. The van der Waals surface area contributed by atoms with Crippen LogP contribution in [0.5, 0.6) is 23.0 Å². The van der Waals surface area contributed by atoms with Crippen LogP contribution in [0.25, 0.3) is 0 Å². The number of aryl methyl sites for hydroxylation is 1. The molecule has 1 saturated heterocycles. The molecule has 4 heterocycles. The second kappa shape index (κ2) is 10.3. The average molecular weight is 550 g/mol. The first-order valence-electron chi connectivity index (χ1n) is 14.2. The molecule has 2 aromatic carbocycles. The monoisotopic (exact) mass is 549 g/mol. The van der Waals surface area contributed by atoms with Gasteiger partial charge in [0.05, 0.1) is 24.8 Å². The van der Waals surface area contributed by atoms with Gasteiger partial charge in [-0.25, -0.2) is 0 Å². The summed E-state index contributed by atoms with van der Waals surface area (Å²) in [6.45, 7) is 10.7.